The molecule has 2 heterocycles. The first-order valence-electron chi connectivity index (χ1n) is 8.10. The van der Waals surface area contributed by atoms with Gasteiger partial charge in [0, 0.05) is 12.2 Å². The third-order valence-electron chi connectivity index (χ3n) is 4.44. The van der Waals surface area contributed by atoms with E-state index in [0.717, 1.165) is 11.1 Å². The molecule has 7 nitrogen and oxygen atoms in total. The number of anilines is 1. The number of carbonyl (C=O) groups excluding carboxylic acids is 1. The highest BCUT2D eigenvalue weighted by molar-refractivity contribution is 7.89. The van der Waals surface area contributed by atoms with Gasteiger partial charge in [-0.2, -0.15) is 0 Å². The molecule has 0 bridgehead atoms. The van der Waals surface area contributed by atoms with Crippen LogP contribution in [0.2, 0.25) is 0 Å². The van der Waals surface area contributed by atoms with Crippen LogP contribution in [0, 0.1) is 0 Å². The van der Waals surface area contributed by atoms with E-state index in [1.165, 1.54) is 19.3 Å². The normalized spacial score (nSPS) is 13.8. The van der Waals surface area contributed by atoms with Gasteiger partial charge in [-0.05, 0) is 49.4 Å². The fourth-order valence-electron chi connectivity index (χ4n) is 3.07. The topological polar surface area (TPSA) is 92.3 Å². The first-order valence-corrected chi connectivity index (χ1v) is 9.58. The van der Waals surface area contributed by atoms with Crippen LogP contribution in [0.4, 0.5) is 5.69 Å². The van der Waals surface area contributed by atoms with Crippen molar-refractivity contribution >= 4 is 32.7 Å². The molecule has 0 atom stereocenters. The number of nitrogens with one attached hydrogen (secondary N) is 1. The zero-order valence-corrected chi connectivity index (χ0v) is 14.8. The van der Waals surface area contributed by atoms with E-state index in [-0.39, 0.29) is 16.5 Å². The van der Waals surface area contributed by atoms with E-state index in [2.05, 4.69) is 14.7 Å². The number of sulfonamides is 1. The minimum absolute atomic E-state index is 0.193. The average molecular weight is 368 g/mol. The Morgan fingerprint density at radius 2 is 1.92 bits per heavy atom. The lowest BCUT2D eigenvalue weighted by Gasteiger charge is -2.17. The van der Waals surface area contributed by atoms with Crippen molar-refractivity contribution in [3.8, 4) is 0 Å². The molecular formula is C18H16N4O3S. The van der Waals surface area contributed by atoms with Crippen molar-refractivity contribution in [3.63, 3.8) is 0 Å². The van der Waals surface area contributed by atoms with Gasteiger partial charge in [-0.3, -0.25) is 9.78 Å². The van der Waals surface area contributed by atoms with Gasteiger partial charge in [-0.25, -0.2) is 18.1 Å². The standard InChI is InChI=1S/C18H16N4O3S/c1-19-26(24,25)13-6-7-17-12(10-13)8-9-22(17)18(23)16-11-20-14-4-2-3-5-15(14)21-16/h2-7,10-11,19H,8-9H2,1H3. The van der Waals surface area contributed by atoms with Crippen molar-refractivity contribution in [2.75, 3.05) is 18.5 Å². The molecule has 1 aromatic heterocycles. The lowest BCUT2D eigenvalue weighted by atomic mass is 10.2. The number of para-hydroxylation sites is 2. The van der Waals surface area contributed by atoms with Crippen LogP contribution in [-0.4, -0.2) is 37.9 Å². The van der Waals surface area contributed by atoms with Crippen molar-refractivity contribution in [2.45, 2.75) is 11.3 Å². The van der Waals surface area contributed by atoms with Gasteiger partial charge in [-0.15, -0.1) is 0 Å². The molecule has 0 unspecified atom stereocenters. The highest BCUT2D eigenvalue weighted by atomic mass is 32.2. The summed E-state index contributed by atoms with van der Waals surface area (Å²) in [5.41, 5.74) is 3.19. The molecule has 0 fully saturated rings. The third kappa shape index (κ3) is 2.73. The lowest BCUT2D eigenvalue weighted by molar-refractivity contribution is 0.0984. The van der Waals surface area contributed by atoms with E-state index in [0.29, 0.717) is 24.2 Å². The molecular weight excluding hydrogens is 352 g/mol. The summed E-state index contributed by atoms with van der Waals surface area (Å²) in [6, 6.07) is 12.1. The van der Waals surface area contributed by atoms with Crippen LogP contribution in [0.3, 0.4) is 0 Å². The van der Waals surface area contributed by atoms with E-state index in [1.54, 1.807) is 17.0 Å². The SMILES string of the molecule is CNS(=O)(=O)c1ccc2c(c1)CCN2C(=O)c1cnc2ccccc2n1. The number of benzene rings is 2. The number of hydrogen-bond acceptors (Lipinski definition) is 5. The minimum atomic E-state index is -3.51. The highest BCUT2D eigenvalue weighted by Crippen LogP contribution is 2.31. The summed E-state index contributed by atoms with van der Waals surface area (Å²) in [4.78, 5) is 23.4. The summed E-state index contributed by atoms with van der Waals surface area (Å²) in [6.07, 6.45) is 2.07. The van der Waals surface area contributed by atoms with Gasteiger partial charge >= 0.3 is 0 Å². The second kappa shape index (κ2) is 6.15. The molecule has 0 spiro atoms. The molecule has 0 aliphatic carbocycles. The maximum atomic E-state index is 12.9. The number of rotatable bonds is 3. The maximum Gasteiger partial charge on any atom is 0.278 e. The van der Waals surface area contributed by atoms with Crippen molar-refractivity contribution in [1.29, 1.82) is 0 Å². The Morgan fingerprint density at radius 3 is 2.69 bits per heavy atom. The second-order valence-electron chi connectivity index (χ2n) is 5.95. The maximum absolute atomic E-state index is 12.9. The van der Waals surface area contributed by atoms with Crippen LogP contribution in [0.15, 0.2) is 53.6 Å². The van der Waals surface area contributed by atoms with E-state index < -0.39 is 10.0 Å². The van der Waals surface area contributed by atoms with Crippen molar-refractivity contribution < 1.29 is 13.2 Å². The van der Waals surface area contributed by atoms with Crippen LogP contribution < -0.4 is 9.62 Å². The van der Waals surface area contributed by atoms with E-state index in [9.17, 15) is 13.2 Å². The molecule has 3 aromatic rings. The predicted octanol–water partition coefficient (Wildman–Crippen LogP) is 1.74. The molecule has 1 aliphatic heterocycles. The van der Waals surface area contributed by atoms with Crippen molar-refractivity contribution in [3.05, 3.63) is 59.9 Å². The first kappa shape index (κ1) is 16.6. The number of carbonyl (C=O) groups is 1. The average Bonchev–Trinajstić information content (AvgIpc) is 3.10. The number of nitrogens with zero attached hydrogens (tertiary/aromatic N) is 3. The van der Waals surface area contributed by atoms with Crippen molar-refractivity contribution in [2.24, 2.45) is 0 Å². The zero-order chi connectivity index (χ0) is 18.3. The highest BCUT2D eigenvalue weighted by Gasteiger charge is 2.28. The Hall–Kier alpha value is -2.84. The Morgan fingerprint density at radius 1 is 1.15 bits per heavy atom. The van der Waals surface area contributed by atoms with Gasteiger partial charge in [0.05, 0.1) is 22.1 Å². The number of fused-ring (bicyclic) bond motifs is 2. The first-order chi connectivity index (χ1) is 12.5. The summed E-state index contributed by atoms with van der Waals surface area (Å²) in [6.45, 7) is 0.478. The molecule has 1 N–H and O–H groups in total. The number of amides is 1. The lowest BCUT2D eigenvalue weighted by Crippen LogP contribution is -2.29. The molecule has 26 heavy (non-hydrogen) atoms. The number of aromatic nitrogens is 2. The Bertz CT molecular complexity index is 1130. The van der Waals surface area contributed by atoms with E-state index in [4.69, 9.17) is 0 Å². The van der Waals surface area contributed by atoms with E-state index in [1.807, 2.05) is 24.3 Å². The molecule has 132 valence electrons. The Kier molecular flexibility index (Phi) is 3.93. The molecule has 8 heteroatoms. The molecule has 0 saturated heterocycles. The molecule has 4 rings (SSSR count). The summed E-state index contributed by atoms with van der Waals surface area (Å²) in [7, 11) is -2.14. The van der Waals surface area contributed by atoms with Gasteiger partial charge in [0.25, 0.3) is 5.91 Å². The van der Waals surface area contributed by atoms with Gasteiger partial charge in [0.1, 0.15) is 5.69 Å². The smallest absolute Gasteiger partial charge is 0.278 e. The summed E-state index contributed by atoms with van der Waals surface area (Å²) < 4.78 is 26.2. The van der Waals surface area contributed by atoms with Crippen LogP contribution in [0.1, 0.15) is 16.1 Å². The predicted molar refractivity (Wildman–Crippen MR) is 97.6 cm³/mol. The Labute approximate surface area is 150 Å². The van der Waals surface area contributed by atoms with Gasteiger partial charge in [-0.1, -0.05) is 12.1 Å². The van der Waals surface area contributed by atoms with E-state index >= 15 is 0 Å². The molecule has 1 amide bonds. The summed E-state index contributed by atoms with van der Waals surface area (Å²) >= 11 is 0. The molecule has 0 radical (unpaired) electrons. The van der Waals surface area contributed by atoms with Crippen LogP contribution in [0.25, 0.3) is 11.0 Å². The second-order valence-corrected chi connectivity index (χ2v) is 7.84. The van der Waals surface area contributed by atoms with Crippen LogP contribution in [-0.2, 0) is 16.4 Å². The number of hydrogen-bond donors (Lipinski definition) is 1. The third-order valence-corrected chi connectivity index (χ3v) is 5.85. The molecule has 2 aromatic carbocycles. The molecule has 1 aliphatic rings. The monoisotopic (exact) mass is 368 g/mol. The van der Waals surface area contributed by atoms with Crippen molar-refractivity contribution in [1.82, 2.24) is 14.7 Å². The van der Waals surface area contributed by atoms with Crippen LogP contribution >= 0.6 is 0 Å². The quantitative estimate of drug-likeness (QED) is 0.760. The van der Waals surface area contributed by atoms with Gasteiger partial charge in [0.15, 0.2) is 0 Å². The fraction of sp³-hybridized carbons (Fsp3) is 0.167. The largest absolute Gasteiger partial charge is 0.306 e. The molecule has 0 saturated carbocycles. The fourth-order valence-corrected chi connectivity index (χ4v) is 3.85. The van der Waals surface area contributed by atoms with Crippen LogP contribution in [0.5, 0.6) is 0 Å². The van der Waals surface area contributed by atoms with Gasteiger partial charge < -0.3 is 4.90 Å². The minimum Gasteiger partial charge on any atom is -0.306 e. The Balaban J connectivity index is 1.69. The summed E-state index contributed by atoms with van der Waals surface area (Å²) in [5.74, 6) is -0.244. The zero-order valence-electron chi connectivity index (χ0n) is 14.0. The van der Waals surface area contributed by atoms with Gasteiger partial charge in [0.2, 0.25) is 10.0 Å². The summed E-state index contributed by atoms with van der Waals surface area (Å²) in [5, 5.41) is 0.